The SMILES string of the molecule is CN(c1ccccc1)C1CC1CO. The smallest absolute Gasteiger partial charge is 0.0479 e. The molecule has 2 heteroatoms. The molecule has 0 bridgehead atoms. The van der Waals surface area contributed by atoms with E-state index < -0.39 is 0 Å². The van der Waals surface area contributed by atoms with Crippen LogP contribution in [0.25, 0.3) is 0 Å². The van der Waals surface area contributed by atoms with Gasteiger partial charge in [-0.2, -0.15) is 0 Å². The standard InChI is InChI=1S/C11H15NO/c1-12(11-7-9(11)8-13)10-5-3-2-4-6-10/h2-6,9,11,13H,7-8H2,1H3. The molecular formula is C11H15NO. The number of hydrogen-bond acceptors (Lipinski definition) is 2. The fourth-order valence-corrected chi connectivity index (χ4v) is 1.76. The Morgan fingerprint density at radius 3 is 2.62 bits per heavy atom. The van der Waals surface area contributed by atoms with Gasteiger partial charge in [-0.05, 0) is 18.6 Å². The van der Waals surface area contributed by atoms with Gasteiger partial charge in [0.2, 0.25) is 0 Å². The van der Waals surface area contributed by atoms with Gasteiger partial charge in [-0.15, -0.1) is 0 Å². The average Bonchev–Trinajstić information content (AvgIpc) is 2.97. The van der Waals surface area contributed by atoms with Gasteiger partial charge in [-0.3, -0.25) is 0 Å². The van der Waals surface area contributed by atoms with Gasteiger partial charge in [0.05, 0.1) is 0 Å². The molecule has 1 aromatic carbocycles. The molecule has 0 saturated heterocycles. The first kappa shape index (κ1) is 8.57. The van der Waals surface area contributed by atoms with Gasteiger partial charge in [0.15, 0.2) is 0 Å². The van der Waals surface area contributed by atoms with Crippen LogP contribution < -0.4 is 4.90 Å². The lowest BCUT2D eigenvalue weighted by atomic mass is 10.3. The Kier molecular flexibility index (Phi) is 2.23. The molecule has 2 atom stereocenters. The van der Waals surface area contributed by atoms with Crippen LogP contribution in [-0.2, 0) is 0 Å². The number of hydrogen-bond donors (Lipinski definition) is 1. The predicted molar refractivity (Wildman–Crippen MR) is 53.8 cm³/mol. The monoisotopic (exact) mass is 177 g/mol. The van der Waals surface area contributed by atoms with Gasteiger partial charge in [-0.1, -0.05) is 18.2 Å². The van der Waals surface area contributed by atoms with Crippen LogP contribution in [0, 0.1) is 5.92 Å². The zero-order valence-electron chi connectivity index (χ0n) is 7.85. The van der Waals surface area contributed by atoms with Crippen LogP contribution in [-0.4, -0.2) is 24.8 Å². The second-order valence-corrected chi connectivity index (χ2v) is 3.69. The molecule has 0 radical (unpaired) electrons. The molecule has 1 N–H and O–H groups in total. The summed E-state index contributed by atoms with van der Waals surface area (Å²) < 4.78 is 0. The first-order valence-electron chi connectivity index (χ1n) is 4.71. The molecule has 1 saturated carbocycles. The quantitative estimate of drug-likeness (QED) is 0.756. The van der Waals surface area contributed by atoms with Gasteiger partial charge >= 0.3 is 0 Å². The van der Waals surface area contributed by atoms with Crippen LogP contribution in [0.5, 0.6) is 0 Å². The molecule has 1 aromatic rings. The van der Waals surface area contributed by atoms with E-state index >= 15 is 0 Å². The zero-order valence-corrected chi connectivity index (χ0v) is 7.85. The summed E-state index contributed by atoms with van der Waals surface area (Å²) in [6.45, 7) is 0.321. The lowest BCUT2D eigenvalue weighted by Gasteiger charge is -2.19. The summed E-state index contributed by atoms with van der Waals surface area (Å²) in [6, 6.07) is 10.9. The topological polar surface area (TPSA) is 23.5 Å². The first-order valence-corrected chi connectivity index (χ1v) is 4.71. The van der Waals surface area contributed by atoms with Gasteiger partial charge in [0.1, 0.15) is 0 Å². The van der Waals surface area contributed by atoms with E-state index in [0.717, 1.165) is 6.42 Å². The van der Waals surface area contributed by atoms with Crippen LogP contribution in [0.4, 0.5) is 5.69 Å². The molecule has 2 unspecified atom stereocenters. The molecule has 2 nitrogen and oxygen atoms in total. The Bertz CT molecular complexity index is 273. The normalized spacial score (nSPS) is 25.7. The molecule has 1 fully saturated rings. The molecular weight excluding hydrogens is 162 g/mol. The van der Waals surface area contributed by atoms with E-state index in [-0.39, 0.29) is 0 Å². The highest BCUT2D eigenvalue weighted by Crippen LogP contribution is 2.36. The molecule has 70 valence electrons. The summed E-state index contributed by atoms with van der Waals surface area (Å²) >= 11 is 0. The highest BCUT2D eigenvalue weighted by Gasteiger charge is 2.39. The van der Waals surface area contributed by atoms with Crippen molar-refractivity contribution in [1.29, 1.82) is 0 Å². The molecule has 2 rings (SSSR count). The molecule has 0 amide bonds. The van der Waals surface area contributed by atoms with Crippen LogP contribution in [0.2, 0.25) is 0 Å². The van der Waals surface area contributed by atoms with Crippen molar-refractivity contribution in [2.75, 3.05) is 18.6 Å². The Hall–Kier alpha value is -1.02. The largest absolute Gasteiger partial charge is 0.396 e. The van der Waals surface area contributed by atoms with E-state index in [4.69, 9.17) is 5.11 Å². The highest BCUT2D eigenvalue weighted by molar-refractivity contribution is 5.47. The third-order valence-corrected chi connectivity index (χ3v) is 2.78. The van der Waals surface area contributed by atoms with Crippen molar-refractivity contribution >= 4 is 5.69 Å². The van der Waals surface area contributed by atoms with Crippen molar-refractivity contribution in [2.45, 2.75) is 12.5 Å². The van der Waals surface area contributed by atoms with E-state index in [1.165, 1.54) is 5.69 Å². The van der Waals surface area contributed by atoms with Crippen molar-refractivity contribution in [2.24, 2.45) is 5.92 Å². The van der Waals surface area contributed by atoms with Gasteiger partial charge < -0.3 is 10.0 Å². The summed E-state index contributed by atoms with van der Waals surface area (Å²) in [5.41, 5.74) is 1.24. The minimum absolute atomic E-state index is 0.321. The fourth-order valence-electron chi connectivity index (χ4n) is 1.76. The number of anilines is 1. The minimum Gasteiger partial charge on any atom is -0.396 e. The third-order valence-electron chi connectivity index (χ3n) is 2.78. The summed E-state index contributed by atoms with van der Waals surface area (Å²) in [7, 11) is 2.09. The summed E-state index contributed by atoms with van der Waals surface area (Å²) in [5.74, 6) is 0.491. The molecule has 0 spiro atoms. The average molecular weight is 177 g/mol. The van der Waals surface area contributed by atoms with Crippen LogP contribution in [0.1, 0.15) is 6.42 Å². The lowest BCUT2D eigenvalue weighted by Crippen LogP contribution is -2.21. The summed E-state index contributed by atoms with van der Waals surface area (Å²) in [4.78, 5) is 2.25. The summed E-state index contributed by atoms with van der Waals surface area (Å²) in [5, 5.41) is 8.95. The Morgan fingerprint density at radius 1 is 1.38 bits per heavy atom. The summed E-state index contributed by atoms with van der Waals surface area (Å²) in [6.07, 6.45) is 1.13. The molecule has 0 aliphatic heterocycles. The van der Waals surface area contributed by atoms with Crippen LogP contribution in [0.3, 0.4) is 0 Å². The Labute approximate surface area is 78.8 Å². The van der Waals surface area contributed by atoms with E-state index in [1.807, 2.05) is 18.2 Å². The maximum Gasteiger partial charge on any atom is 0.0479 e. The predicted octanol–water partition coefficient (Wildman–Crippen LogP) is 1.50. The number of aliphatic hydroxyl groups is 1. The van der Waals surface area contributed by atoms with Gasteiger partial charge in [0.25, 0.3) is 0 Å². The number of rotatable bonds is 3. The lowest BCUT2D eigenvalue weighted by molar-refractivity contribution is 0.273. The number of nitrogens with zero attached hydrogens (tertiary/aromatic N) is 1. The van der Waals surface area contributed by atoms with Gasteiger partial charge in [0, 0.05) is 31.3 Å². The van der Waals surface area contributed by atoms with Crippen molar-refractivity contribution in [3.05, 3.63) is 30.3 Å². The zero-order chi connectivity index (χ0) is 9.26. The molecule has 0 heterocycles. The Morgan fingerprint density at radius 2 is 2.08 bits per heavy atom. The number of para-hydroxylation sites is 1. The van der Waals surface area contributed by atoms with Crippen molar-refractivity contribution in [3.8, 4) is 0 Å². The van der Waals surface area contributed by atoms with E-state index in [9.17, 15) is 0 Å². The molecule has 13 heavy (non-hydrogen) atoms. The van der Waals surface area contributed by atoms with E-state index in [0.29, 0.717) is 18.6 Å². The molecule has 0 aromatic heterocycles. The number of aliphatic hydroxyl groups excluding tert-OH is 1. The first-order chi connectivity index (χ1) is 6.33. The molecule has 1 aliphatic carbocycles. The van der Waals surface area contributed by atoms with E-state index in [2.05, 4.69) is 24.1 Å². The van der Waals surface area contributed by atoms with Crippen molar-refractivity contribution in [3.63, 3.8) is 0 Å². The van der Waals surface area contributed by atoms with Crippen molar-refractivity contribution < 1.29 is 5.11 Å². The third kappa shape index (κ3) is 1.68. The Balaban J connectivity index is 2.03. The minimum atomic E-state index is 0.321. The second-order valence-electron chi connectivity index (χ2n) is 3.69. The van der Waals surface area contributed by atoms with Crippen LogP contribution >= 0.6 is 0 Å². The van der Waals surface area contributed by atoms with E-state index in [1.54, 1.807) is 0 Å². The fraction of sp³-hybridized carbons (Fsp3) is 0.455. The van der Waals surface area contributed by atoms with Crippen LogP contribution in [0.15, 0.2) is 30.3 Å². The maximum absolute atomic E-state index is 8.95. The second kappa shape index (κ2) is 3.38. The molecule has 1 aliphatic rings. The highest BCUT2D eigenvalue weighted by atomic mass is 16.3. The van der Waals surface area contributed by atoms with Gasteiger partial charge in [-0.25, -0.2) is 0 Å². The van der Waals surface area contributed by atoms with Crippen molar-refractivity contribution in [1.82, 2.24) is 0 Å². The maximum atomic E-state index is 8.95. The number of benzene rings is 1.